The van der Waals surface area contributed by atoms with E-state index in [1.54, 1.807) is 12.1 Å². The van der Waals surface area contributed by atoms with E-state index >= 15 is 0 Å². The van der Waals surface area contributed by atoms with Crippen molar-refractivity contribution in [3.63, 3.8) is 0 Å². The van der Waals surface area contributed by atoms with Crippen molar-refractivity contribution in [3.05, 3.63) is 53.6 Å². The zero-order valence-corrected chi connectivity index (χ0v) is 9.38. The van der Waals surface area contributed by atoms with E-state index in [-0.39, 0.29) is 11.1 Å². The quantitative estimate of drug-likeness (QED) is 0.867. The van der Waals surface area contributed by atoms with Gasteiger partial charge in [-0.3, -0.25) is 0 Å². The Morgan fingerprint density at radius 1 is 1.00 bits per heavy atom. The van der Waals surface area contributed by atoms with Crippen molar-refractivity contribution in [1.29, 1.82) is 0 Å². The Kier molecular flexibility index (Phi) is 2.85. The largest absolute Gasteiger partial charge is 0.478 e. The summed E-state index contributed by atoms with van der Waals surface area (Å²) in [5.74, 6) is -2.09. The Morgan fingerprint density at radius 2 is 1.72 bits per heavy atom. The second-order valence-corrected chi connectivity index (χ2v) is 3.78. The van der Waals surface area contributed by atoms with Crippen molar-refractivity contribution >= 4 is 28.8 Å². The van der Waals surface area contributed by atoms with E-state index in [1.165, 1.54) is 24.3 Å². The highest BCUT2D eigenvalue weighted by molar-refractivity contribution is 6.07. The standard InChI is InChI=1S/C14H10O4/c1-2-8-3-6-11(14(17)18)10-5-4-9(13(15)16)7-12(8)10/h2-7H,1H2,(H,15,16)(H,17,18). The molecule has 0 saturated carbocycles. The van der Waals surface area contributed by atoms with E-state index in [9.17, 15) is 9.59 Å². The number of hydrogen-bond acceptors (Lipinski definition) is 2. The Bertz CT molecular complexity index is 671. The lowest BCUT2D eigenvalue weighted by Crippen LogP contribution is -2.00. The minimum Gasteiger partial charge on any atom is -0.478 e. The van der Waals surface area contributed by atoms with E-state index < -0.39 is 11.9 Å². The molecule has 18 heavy (non-hydrogen) atoms. The van der Waals surface area contributed by atoms with Gasteiger partial charge in [0.2, 0.25) is 0 Å². The van der Waals surface area contributed by atoms with E-state index in [4.69, 9.17) is 10.2 Å². The molecule has 4 nitrogen and oxygen atoms in total. The number of rotatable bonds is 3. The average molecular weight is 242 g/mol. The summed E-state index contributed by atoms with van der Waals surface area (Å²) in [4.78, 5) is 22.0. The Hall–Kier alpha value is -2.62. The molecule has 0 aliphatic carbocycles. The summed E-state index contributed by atoms with van der Waals surface area (Å²) in [6, 6.07) is 7.47. The van der Waals surface area contributed by atoms with Crippen LogP contribution < -0.4 is 0 Å². The topological polar surface area (TPSA) is 74.6 Å². The predicted molar refractivity (Wildman–Crippen MR) is 68.0 cm³/mol. The fraction of sp³-hybridized carbons (Fsp3) is 0. The molecule has 2 rings (SSSR count). The highest BCUT2D eigenvalue weighted by Gasteiger charge is 2.12. The number of carboxylic acid groups (broad SMARTS) is 2. The molecule has 4 heteroatoms. The van der Waals surface area contributed by atoms with Crippen LogP contribution in [-0.4, -0.2) is 22.2 Å². The molecule has 0 radical (unpaired) electrons. The third-order valence-electron chi connectivity index (χ3n) is 2.75. The van der Waals surface area contributed by atoms with Gasteiger partial charge >= 0.3 is 11.9 Å². The van der Waals surface area contributed by atoms with Crippen LogP contribution in [0.2, 0.25) is 0 Å². The molecular formula is C14H10O4. The van der Waals surface area contributed by atoms with Gasteiger partial charge in [0.25, 0.3) is 0 Å². The van der Waals surface area contributed by atoms with Gasteiger partial charge in [-0.1, -0.05) is 24.8 Å². The maximum absolute atomic E-state index is 11.1. The molecule has 2 N–H and O–H groups in total. The fourth-order valence-electron chi connectivity index (χ4n) is 1.87. The zero-order chi connectivity index (χ0) is 13.3. The van der Waals surface area contributed by atoms with Crippen LogP contribution in [0, 0.1) is 0 Å². The summed E-state index contributed by atoms with van der Waals surface area (Å²) < 4.78 is 0. The van der Waals surface area contributed by atoms with Crippen LogP contribution in [0.25, 0.3) is 16.8 Å². The van der Waals surface area contributed by atoms with Crippen LogP contribution in [0.3, 0.4) is 0 Å². The highest BCUT2D eigenvalue weighted by Crippen LogP contribution is 2.25. The first kappa shape index (κ1) is 11.9. The summed E-state index contributed by atoms with van der Waals surface area (Å²) in [5, 5.41) is 19.1. The number of hydrogen-bond donors (Lipinski definition) is 2. The lowest BCUT2D eigenvalue weighted by molar-refractivity contribution is 0.0688. The minimum absolute atomic E-state index is 0.119. The van der Waals surface area contributed by atoms with Gasteiger partial charge in [0, 0.05) is 0 Å². The SMILES string of the molecule is C=Cc1ccc(C(=O)O)c2ccc(C(=O)O)cc12. The Labute approximate surface area is 103 Å². The molecule has 0 amide bonds. The van der Waals surface area contributed by atoms with Gasteiger partial charge in [0.1, 0.15) is 0 Å². The van der Waals surface area contributed by atoms with Gasteiger partial charge in [-0.05, 0) is 34.5 Å². The summed E-state index contributed by atoms with van der Waals surface area (Å²) in [6.07, 6.45) is 1.57. The first-order valence-corrected chi connectivity index (χ1v) is 5.20. The normalized spacial score (nSPS) is 10.2. The highest BCUT2D eigenvalue weighted by atomic mass is 16.4. The summed E-state index contributed by atoms with van der Waals surface area (Å²) in [5.41, 5.74) is 0.971. The summed E-state index contributed by atoms with van der Waals surface area (Å²) in [6.45, 7) is 3.64. The van der Waals surface area contributed by atoms with Crippen LogP contribution >= 0.6 is 0 Å². The van der Waals surface area contributed by atoms with Crippen LogP contribution in [-0.2, 0) is 0 Å². The van der Waals surface area contributed by atoms with E-state index in [0.29, 0.717) is 16.3 Å². The van der Waals surface area contributed by atoms with Crippen LogP contribution in [0.1, 0.15) is 26.3 Å². The lowest BCUT2D eigenvalue weighted by Gasteiger charge is -2.07. The molecule has 2 aromatic carbocycles. The van der Waals surface area contributed by atoms with Crippen molar-refractivity contribution in [3.8, 4) is 0 Å². The molecule has 0 aliphatic rings. The van der Waals surface area contributed by atoms with Crippen molar-refractivity contribution in [1.82, 2.24) is 0 Å². The summed E-state index contributed by atoms with van der Waals surface area (Å²) in [7, 11) is 0. The molecule has 0 aromatic heterocycles. The van der Waals surface area contributed by atoms with E-state index in [1.807, 2.05) is 0 Å². The number of carbonyl (C=O) groups is 2. The van der Waals surface area contributed by atoms with Crippen molar-refractivity contribution < 1.29 is 19.8 Å². The molecule has 2 aromatic rings. The van der Waals surface area contributed by atoms with Crippen LogP contribution in [0.5, 0.6) is 0 Å². The Balaban J connectivity index is 2.86. The number of carboxylic acids is 2. The third kappa shape index (κ3) is 1.84. The molecule has 0 fully saturated rings. The maximum Gasteiger partial charge on any atom is 0.336 e. The molecule has 0 aliphatic heterocycles. The molecule has 0 atom stereocenters. The minimum atomic E-state index is -1.05. The second-order valence-electron chi connectivity index (χ2n) is 3.78. The molecule has 0 saturated heterocycles. The molecule has 0 unspecified atom stereocenters. The average Bonchev–Trinajstić information content (AvgIpc) is 2.36. The second kappa shape index (κ2) is 4.33. The van der Waals surface area contributed by atoms with Crippen LogP contribution in [0.15, 0.2) is 36.9 Å². The first-order valence-electron chi connectivity index (χ1n) is 5.20. The van der Waals surface area contributed by atoms with E-state index in [2.05, 4.69) is 6.58 Å². The van der Waals surface area contributed by atoms with Crippen molar-refractivity contribution in [2.24, 2.45) is 0 Å². The third-order valence-corrected chi connectivity index (χ3v) is 2.75. The lowest BCUT2D eigenvalue weighted by atomic mass is 9.97. The first-order chi connectivity index (χ1) is 8.54. The molecule has 90 valence electrons. The monoisotopic (exact) mass is 242 g/mol. The molecule has 0 heterocycles. The van der Waals surface area contributed by atoms with E-state index in [0.717, 1.165) is 0 Å². The summed E-state index contributed by atoms with van der Waals surface area (Å²) >= 11 is 0. The van der Waals surface area contributed by atoms with Gasteiger partial charge < -0.3 is 10.2 Å². The molecule has 0 bridgehead atoms. The van der Waals surface area contributed by atoms with Gasteiger partial charge in [-0.15, -0.1) is 0 Å². The fourth-order valence-corrected chi connectivity index (χ4v) is 1.87. The number of benzene rings is 2. The number of aromatic carboxylic acids is 2. The Morgan fingerprint density at radius 3 is 2.28 bits per heavy atom. The molecular weight excluding hydrogens is 232 g/mol. The predicted octanol–water partition coefficient (Wildman–Crippen LogP) is 2.88. The van der Waals surface area contributed by atoms with Crippen molar-refractivity contribution in [2.45, 2.75) is 0 Å². The smallest absolute Gasteiger partial charge is 0.336 e. The van der Waals surface area contributed by atoms with Crippen LogP contribution in [0.4, 0.5) is 0 Å². The van der Waals surface area contributed by atoms with Gasteiger partial charge in [0.05, 0.1) is 11.1 Å². The van der Waals surface area contributed by atoms with Gasteiger partial charge in [-0.2, -0.15) is 0 Å². The van der Waals surface area contributed by atoms with Crippen molar-refractivity contribution in [2.75, 3.05) is 0 Å². The number of fused-ring (bicyclic) bond motifs is 1. The maximum atomic E-state index is 11.1. The molecule has 0 spiro atoms. The van der Waals surface area contributed by atoms with Gasteiger partial charge in [0.15, 0.2) is 0 Å². The zero-order valence-electron chi connectivity index (χ0n) is 9.38. The van der Waals surface area contributed by atoms with Gasteiger partial charge in [-0.25, -0.2) is 9.59 Å².